The van der Waals surface area contributed by atoms with Crippen molar-refractivity contribution in [2.24, 2.45) is 5.92 Å². The second-order valence-corrected chi connectivity index (χ2v) is 11.3. The number of hydrogen-bond acceptors (Lipinski definition) is 6. The van der Waals surface area contributed by atoms with Gasteiger partial charge in [-0.15, -0.1) is 0 Å². The highest BCUT2D eigenvalue weighted by Gasteiger charge is 2.12. The molecule has 0 radical (unpaired) electrons. The lowest BCUT2D eigenvalue weighted by Crippen LogP contribution is -2.25. The minimum Gasteiger partial charge on any atom is -0.463 e. The zero-order valence-corrected chi connectivity index (χ0v) is 26.3. The molecule has 0 saturated carbocycles. The van der Waals surface area contributed by atoms with E-state index < -0.39 is 6.10 Å². The SMILES string of the molecule is CCCCC[C@@H](O)/C=C/C=C\C/C=C\C/C=C\CCCC(=O)OC[C@H](O)COC(=O)CCCCCCCCC(C)C. The standard InChI is InChI=1S/C35H60O6/c1-4-5-19-25-32(36)26-21-16-11-9-7-6-8-10-12-17-22-27-34(38)40-29-33(37)30-41-35(39)28-23-18-14-13-15-20-24-31(2)3/h6-7,10-12,16,21,26,31-33,36-37H,4-5,8-9,13-15,17-20,22-25,27-30H2,1-3H3/b7-6-,12-10-,16-11-,26-21+/t32-,33+/m1/s1. The predicted octanol–water partition coefficient (Wildman–Crippen LogP) is 8.33. The molecule has 0 fully saturated rings. The summed E-state index contributed by atoms with van der Waals surface area (Å²) in [5.74, 6) is 0.103. The van der Waals surface area contributed by atoms with Crippen LogP contribution >= 0.6 is 0 Å². The third kappa shape index (κ3) is 30.6. The van der Waals surface area contributed by atoms with Gasteiger partial charge in [0, 0.05) is 12.8 Å². The number of carbonyl (C=O) groups excluding carboxylic acids is 2. The van der Waals surface area contributed by atoms with Gasteiger partial charge in [0.05, 0.1) is 6.10 Å². The van der Waals surface area contributed by atoms with E-state index in [4.69, 9.17) is 9.47 Å². The maximum atomic E-state index is 11.9. The fraction of sp³-hybridized carbons (Fsp3) is 0.714. The summed E-state index contributed by atoms with van der Waals surface area (Å²) in [6, 6.07) is 0. The van der Waals surface area contributed by atoms with E-state index in [-0.39, 0.29) is 37.7 Å². The number of hydrogen-bond donors (Lipinski definition) is 2. The largest absolute Gasteiger partial charge is 0.463 e. The van der Waals surface area contributed by atoms with Gasteiger partial charge in [0.15, 0.2) is 0 Å². The number of ether oxygens (including phenoxy) is 2. The summed E-state index contributed by atoms with van der Waals surface area (Å²) in [5, 5.41) is 19.7. The van der Waals surface area contributed by atoms with E-state index >= 15 is 0 Å². The molecule has 0 aromatic rings. The van der Waals surface area contributed by atoms with Crippen molar-refractivity contribution in [2.45, 2.75) is 142 Å². The van der Waals surface area contributed by atoms with Crippen molar-refractivity contribution in [2.75, 3.05) is 13.2 Å². The minimum atomic E-state index is -0.997. The maximum absolute atomic E-state index is 11.9. The van der Waals surface area contributed by atoms with E-state index in [1.54, 1.807) is 0 Å². The average Bonchev–Trinajstić information content (AvgIpc) is 2.94. The van der Waals surface area contributed by atoms with Crippen molar-refractivity contribution in [3.05, 3.63) is 48.6 Å². The molecule has 6 nitrogen and oxygen atoms in total. The maximum Gasteiger partial charge on any atom is 0.305 e. The normalized spacial score (nSPS) is 13.7. The van der Waals surface area contributed by atoms with Crippen LogP contribution in [0.25, 0.3) is 0 Å². The van der Waals surface area contributed by atoms with Gasteiger partial charge in [0.1, 0.15) is 19.3 Å². The molecule has 0 saturated heterocycles. The Kier molecular flexibility index (Phi) is 27.8. The summed E-state index contributed by atoms with van der Waals surface area (Å²) >= 11 is 0. The molecule has 0 rings (SSSR count). The number of unbranched alkanes of at least 4 members (excludes halogenated alkanes) is 8. The third-order valence-corrected chi connectivity index (χ3v) is 6.60. The molecule has 0 bridgehead atoms. The van der Waals surface area contributed by atoms with E-state index in [9.17, 15) is 19.8 Å². The number of rotatable bonds is 27. The van der Waals surface area contributed by atoms with Gasteiger partial charge in [-0.3, -0.25) is 9.59 Å². The zero-order valence-electron chi connectivity index (χ0n) is 26.3. The number of esters is 2. The van der Waals surface area contributed by atoms with Crippen LogP contribution in [-0.4, -0.2) is 47.6 Å². The minimum absolute atomic E-state index is 0.147. The Labute approximate surface area is 251 Å². The van der Waals surface area contributed by atoms with E-state index in [0.717, 1.165) is 63.7 Å². The van der Waals surface area contributed by atoms with Crippen molar-refractivity contribution in [1.82, 2.24) is 0 Å². The van der Waals surface area contributed by atoms with Gasteiger partial charge in [0.2, 0.25) is 0 Å². The molecule has 41 heavy (non-hydrogen) atoms. The van der Waals surface area contributed by atoms with Gasteiger partial charge >= 0.3 is 11.9 Å². The van der Waals surface area contributed by atoms with Crippen LogP contribution in [0.4, 0.5) is 0 Å². The second kappa shape index (κ2) is 29.3. The average molecular weight is 577 g/mol. The van der Waals surface area contributed by atoms with Crippen molar-refractivity contribution >= 4 is 11.9 Å². The van der Waals surface area contributed by atoms with Crippen LogP contribution in [0.1, 0.15) is 130 Å². The first-order chi connectivity index (χ1) is 19.8. The van der Waals surface area contributed by atoms with E-state index in [2.05, 4.69) is 51.2 Å². The van der Waals surface area contributed by atoms with Gasteiger partial charge in [-0.05, 0) is 44.4 Å². The fourth-order valence-electron chi connectivity index (χ4n) is 4.08. The van der Waals surface area contributed by atoms with Crippen LogP contribution in [-0.2, 0) is 19.1 Å². The summed E-state index contributed by atoms with van der Waals surface area (Å²) in [6.45, 7) is 6.35. The van der Waals surface area contributed by atoms with Gasteiger partial charge in [-0.25, -0.2) is 0 Å². The summed E-state index contributed by atoms with van der Waals surface area (Å²) < 4.78 is 10.2. The topological polar surface area (TPSA) is 93.1 Å². The molecule has 0 amide bonds. The Morgan fingerprint density at radius 1 is 0.659 bits per heavy atom. The molecule has 0 unspecified atom stereocenters. The number of aliphatic hydroxyl groups excluding tert-OH is 2. The highest BCUT2D eigenvalue weighted by Crippen LogP contribution is 2.12. The predicted molar refractivity (Wildman–Crippen MR) is 169 cm³/mol. The quantitative estimate of drug-likeness (QED) is 0.0442. The lowest BCUT2D eigenvalue weighted by Gasteiger charge is -2.12. The Bertz CT molecular complexity index is 737. The Morgan fingerprint density at radius 2 is 1.22 bits per heavy atom. The van der Waals surface area contributed by atoms with Crippen molar-refractivity contribution in [1.29, 1.82) is 0 Å². The van der Waals surface area contributed by atoms with Crippen LogP contribution < -0.4 is 0 Å². The summed E-state index contributed by atoms with van der Waals surface area (Å²) in [5.41, 5.74) is 0. The molecule has 2 atom stereocenters. The highest BCUT2D eigenvalue weighted by atomic mass is 16.6. The van der Waals surface area contributed by atoms with Gasteiger partial charge < -0.3 is 19.7 Å². The molecule has 0 heterocycles. The monoisotopic (exact) mass is 576 g/mol. The lowest BCUT2D eigenvalue weighted by molar-refractivity contribution is -0.152. The first-order valence-corrected chi connectivity index (χ1v) is 16.2. The molecule has 0 spiro atoms. The van der Waals surface area contributed by atoms with Crippen molar-refractivity contribution in [3.63, 3.8) is 0 Å². The Balaban J connectivity index is 3.66. The third-order valence-electron chi connectivity index (χ3n) is 6.60. The Morgan fingerprint density at radius 3 is 1.88 bits per heavy atom. The molecule has 236 valence electrons. The van der Waals surface area contributed by atoms with Crippen LogP contribution in [0.2, 0.25) is 0 Å². The molecular weight excluding hydrogens is 516 g/mol. The molecule has 0 aliphatic heterocycles. The van der Waals surface area contributed by atoms with Gasteiger partial charge in [-0.2, -0.15) is 0 Å². The van der Waals surface area contributed by atoms with Crippen LogP contribution in [0, 0.1) is 5.92 Å². The summed E-state index contributed by atoms with van der Waals surface area (Å²) in [6.07, 6.45) is 30.8. The number of aliphatic hydroxyl groups is 2. The van der Waals surface area contributed by atoms with Gasteiger partial charge in [-0.1, -0.05) is 127 Å². The summed E-state index contributed by atoms with van der Waals surface area (Å²) in [7, 11) is 0. The van der Waals surface area contributed by atoms with Crippen molar-refractivity contribution < 1.29 is 29.3 Å². The van der Waals surface area contributed by atoms with Crippen molar-refractivity contribution in [3.8, 4) is 0 Å². The molecule has 2 N–H and O–H groups in total. The second-order valence-electron chi connectivity index (χ2n) is 11.3. The summed E-state index contributed by atoms with van der Waals surface area (Å²) in [4.78, 5) is 23.7. The van der Waals surface area contributed by atoms with Crippen LogP contribution in [0.3, 0.4) is 0 Å². The molecule has 0 aliphatic carbocycles. The molecule has 0 aromatic heterocycles. The molecule has 0 aromatic carbocycles. The van der Waals surface area contributed by atoms with E-state index in [1.807, 2.05) is 18.2 Å². The molecule has 6 heteroatoms. The lowest BCUT2D eigenvalue weighted by atomic mass is 10.0. The van der Waals surface area contributed by atoms with E-state index in [0.29, 0.717) is 12.8 Å². The first kappa shape index (κ1) is 38.8. The van der Waals surface area contributed by atoms with Gasteiger partial charge in [0.25, 0.3) is 0 Å². The molecular formula is C35H60O6. The Hall–Kier alpha value is -2.18. The van der Waals surface area contributed by atoms with E-state index in [1.165, 1.54) is 32.1 Å². The fourth-order valence-corrected chi connectivity index (χ4v) is 4.08. The number of carbonyl (C=O) groups is 2. The smallest absolute Gasteiger partial charge is 0.305 e. The first-order valence-electron chi connectivity index (χ1n) is 16.2. The highest BCUT2D eigenvalue weighted by molar-refractivity contribution is 5.69. The zero-order chi connectivity index (χ0) is 30.4. The van der Waals surface area contributed by atoms with Crippen LogP contribution in [0.15, 0.2) is 48.6 Å². The number of allylic oxidation sites excluding steroid dienone is 7. The molecule has 0 aliphatic rings. The van der Waals surface area contributed by atoms with Crippen LogP contribution in [0.5, 0.6) is 0 Å².